The number of anilines is 2. The molecule has 1 aromatic rings. The predicted octanol–water partition coefficient (Wildman–Crippen LogP) is 1.67. The number of carbonyl (C=O) groups excluding carboxylic acids is 1. The third-order valence-corrected chi connectivity index (χ3v) is 3.69. The lowest BCUT2D eigenvalue weighted by molar-refractivity contribution is -0.119. The van der Waals surface area contributed by atoms with Gasteiger partial charge in [-0.25, -0.2) is 0 Å². The van der Waals surface area contributed by atoms with E-state index in [0.29, 0.717) is 12.3 Å². The number of nitrogens with zero attached hydrogens (tertiary/aromatic N) is 1. The summed E-state index contributed by atoms with van der Waals surface area (Å²) >= 11 is 0. The van der Waals surface area contributed by atoms with Gasteiger partial charge in [0.15, 0.2) is 0 Å². The first kappa shape index (κ1) is 12.7. The Morgan fingerprint density at radius 1 is 1.39 bits per heavy atom. The highest BCUT2D eigenvalue weighted by atomic mass is 16.1. The van der Waals surface area contributed by atoms with Crippen molar-refractivity contribution in [2.24, 2.45) is 11.7 Å². The largest absolute Gasteiger partial charge is 0.397 e. The molecule has 0 aliphatic carbocycles. The number of aryl methyl sites for hydroxylation is 1. The van der Waals surface area contributed by atoms with Crippen LogP contribution in [0.5, 0.6) is 0 Å². The lowest BCUT2D eigenvalue weighted by atomic mass is 9.92. The highest BCUT2D eigenvalue weighted by Gasteiger charge is 2.22. The predicted molar refractivity (Wildman–Crippen MR) is 74.3 cm³/mol. The smallest absolute Gasteiger partial charge is 0.217 e. The van der Waals surface area contributed by atoms with Crippen LogP contribution in [0.2, 0.25) is 0 Å². The van der Waals surface area contributed by atoms with Crippen molar-refractivity contribution >= 4 is 17.3 Å². The van der Waals surface area contributed by atoms with Crippen LogP contribution in [0.15, 0.2) is 18.2 Å². The van der Waals surface area contributed by atoms with E-state index in [1.165, 1.54) is 5.56 Å². The Labute approximate surface area is 108 Å². The molecule has 1 aliphatic rings. The van der Waals surface area contributed by atoms with Crippen molar-refractivity contribution in [3.63, 3.8) is 0 Å². The van der Waals surface area contributed by atoms with Gasteiger partial charge in [-0.05, 0) is 37.3 Å². The maximum absolute atomic E-state index is 10.9. The van der Waals surface area contributed by atoms with Gasteiger partial charge in [-0.1, -0.05) is 12.1 Å². The zero-order valence-electron chi connectivity index (χ0n) is 10.9. The van der Waals surface area contributed by atoms with E-state index in [9.17, 15) is 4.79 Å². The van der Waals surface area contributed by atoms with Crippen LogP contribution in [0.4, 0.5) is 11.4 Å². The number of rotatable bonds is 3. The Morgan fingerprint density at radius 2 is 2.06 bits per heavy atom. The normalized spacial score (nSPS) is 16.8. The average Bonchev–Trinajstić information content (AvgIpc) is 2.30. The van der Waals surface area contributed by atoms with Crippen LogP contribution in [0.1, 0.15) is 24.8 Å². The lowest BCUT2D eigenvalue weighted by Gasteiger charge is -2.34. The number of hydrogen-bond acceptors (Lipinski definition) is 3. The first-order valence-corrected chi connectivity index (χ1v) is 6.46. The molecule has 4 nitrogen and oxygen atoms in total. The molecule has 1 fully saturated rings. The van der Waals surface area contributed by atoms with E-state index in [0.717, 1.165) is 37.3 Å². The third-order valence-electron chi connectivity index (χ3n) is 3.69. The summed E-state index contributed by atoms with van der Waals surface area (Å²) in [4.78, 5) is 13.2. The number of nitrogens with two attached hydrogens (primary N) is 2. The van der Waals surface area contributed by atoms with Gasteiger partial charge < -0.3 is 16.4 Å². The van der Waals surface area contributed by atoms with Crippen molar-refractivity contribution in [2.75, 3.05) is 23.7 Å². The second-order valence-electron chi connectivity index (χ2n) is 5.11. The zero-order valence-corrected chi connectivity index (χ0v) is 10.9. The minimum Gasteiger partial charge on any atom is -0.397 e. The summed E-state index contributed by atoms with van der Waals surface area (Å²) in [7, 11) is 0. The molecule has 2 rings (SSSR count). The third kappa shape index (κ3) is 2.75. The zero-order chi connectivity index (χ0) is 13.1. The highest BCUT2D eigenvalue weighted by molar-refractivity contribution is 5.74. The molecule has 4 N–H and O–H groups in total. The number of piperidine rings is 1. The van der Waals surface area contributed by atoms with Crippen molar-refractivity contribution in [1.29, 1.82) is 0 Å². The molecule has 1 saturated heterocycles. The Bertz CT molecular complexity index is 416. The molecule has 1 aliphatic heterocycles. The minimum atomic E-state index is -0.191. The lowest BCUT2D eigenvalue weighted by Crippen LogP contribution is -2.35. The Hall–Kier alpha value is -1.71. The second-order valence-corrected chi connectivity index (χ2v) is 5.11. The van der Waals surface area contributed by atoms with Crippen molar-refractivity contribution in [2.45, 2.75) is 26.2 Å². The van der Waals surface area contributed by atoms with Gasteiger partial charge >= 0.3 is 0 Å². The number of hydrogen-bond donors (Lipinski definition) is 2. The summed E-state index contributed by atoms with van der Waals surface area (Å²) in [5.74, 6) is 0.243. The van der Waals surface area contributed by atoms with E-state index in [1.807, 2.05) is 12.1 Å². The van der Waals surface area contributed by atoms with Gasteiger partial charge in [-0.2, -0.15) is 0 Å². The number of nitrogen functional groups attached to an aromatic ring is 1. The van der Waals surface area contributed by atoms with Gasteiger partial charge in [0.1, 0.15) is 0 Å². The molecule has 0 radical (unpaired) electrons. The van der Waals surface area contributed by atoms with Crippen molar-refractivity contribution in [1.82, 2.24) is 0 Å². The van der Waals surface area contributed by atoms with Crippen molar-refractivity contribution in [3.05, 3.63) is 23.8 Å². The summed E-state index contributed by atoms with van der Waals surface area (Å²) < 4.78 is 0. The van der Waals surface area contributed by atoms with Crippen molar-refractivity contribution < 1.29 is 4.79 Å². The summed E-state index contributed by atoms with van der Waals surface area (Å²) in [5, 5.41) is 0. The highest BCUT2D eigenvalue weighted by Crippen LogP contribution is 2.31. The maximum Gasteiger partial charge on any atom is 0.217 e. The first-order valence-electron chi connectivity index (χ1n) is 6.46. The Balaban J connectivity index is 2.03. The molecular weight excluding hydrogens is 226 g/mol. The van der Waals surface area contributed by atoms with Gasteiger partial charge in [-0.15, -0.1) is 0 Å². The Morgan fingerprint density at radius 3 is 2.61 bits per heavy atom. The molecule has 18 heavy (non-hydrogen) atoms. The summed E-state index contributed by atoms with van der Waals surface area (Å²) in [6.07, 6.45) is 2.53. The number of para-hydroxylation sites is 1. The minimum absolute atomic E-state index is 0.191. The van der Waals surface area contributed by atoms with Gasteiger partial charge in [0.05, 0.1) is 11.4 Å². The number of amides is 1. The summed E-state index contributed by atoms with van der Waals surface area (Å²) in [5.41, 5.74) is 14.5. The van der Waals surface area contributed by atoms with Crippen LogP contribution in [0.25, 0.3) is 0 Å². The fourth-order valence-electron chi connectivity index (χ4n) is 2.76. The molecular formula is C14H21N3O. The fraction of sp³-hybridized carbons (Fsp3) is 0.500. The standard InChI is InChI=1S/C14H21N3O/c1-10-3-2-4-12(15)14(10)17-7-5-11(6-8-17)9-13(16)18/h2-4,11H,5-9,15H2,1H3,(H2,16,18). The van der Waals surface area contributed by atoms with E-state index in [1.54, 1.807) is 0 Å². The fourth-order valence-corrected chi connectivity index (χ4v) is 2.76. The van der Waals surface area contributed by atoms with E-state index in [2.05, 4.69) is 17.9 Å². The maximum atomic E-state index is 10.9. The molecule has 0 bridgehead atoms. The molecule has 98 valence electrons. The first-order chi connectivity index (χ1) is 8.58. The topological polar surface area (TPSA) is 72.3 Å². The van der Waals surface area contributed by atoms with E-state index in [4.69, 9.17) is 11.5 Å². The van der Waals surface area contributed by atoms with Gasteiger partial charge in [0, 0.05) is 19.5 Å². The van der Waals surface area contributed by atoms with Crippen LogP contribution in [-0.4, -0.2) is 19.0 Å². The van der Waals surface area contributed by atoms with Crippen LogP contribution >= 0.6 is 0 Å². The van der Waals surface area contributed by atoms with Gasteiger partial charge in [0.25, 0.3) is 0 Å². The number of benzene rings is 1. The van der Waals surface area contributed by atoms with Crippen LogP contribution in [-0.2, 0) is 4.79 Å². The SMILES string of the molecule is Cc1cccc(N)c1N1CCC(CC(N)=O)CC1. The number of carbonyl (C=O) groups is 1. The molecule has 0 spiro atoms. The van der Waals surface area contributed by atoms with Crippen molar-refractivity contribution in [3.8, 4) is 0 Å². The molecule has 0 saturated carbocycles. The van der Waals surface area contributed by atoms with Crippen LogP contribution < -0.4 is 16.4 Å². The van der Waals surface area contributed by atoms with E-state index in [-0.39, 0.29) is 5.91 Å². The molecule has 0 aromatic heterocycles. The summed E-state index contributed by atoms with van der Waals surface area (Å²) in [6, 6.07) is 6.01. The monoisotopic (exact) mass is 247 g/mol. The number of primary amides is 1. The van der Waals surface area contributed by atoms with Gasteiger partial charge in [0.2, 0.25) is 5.91 Å². The molecule has 4 heteroatoms. The molecule has 1 heterocycles. The van der Waals surface area contributed by atoms with Crippen LogP contribution in [0, 0.1) is 12.8 Å². The molecule has 1 amide bonds. The molecule has 1 aromatic carbocycles. The quantitative estimate of drug-likeness (QED) is 0.798. The average molecular weight is 247 g/mol. The van der Waals surface area contributed by atoms with E-state index < -0.39 is 0 Å². The molecule has 0 atom stereocenters. The van der Waals surface area contributed by atoms with E-state index >= 15 is 0 Å². The second kappa shape index (κ2) is 5.29. The van der Waals surface area contributed by atoms with Crippen LogP contribution in [0.3, 0.4) is 0 Å². The summed E-state index contributed by atoms with van der Waals surface area (Å²) in [6.45, 7) is 3.99. The molecule has 0 unspecified atom stereocenters. The Kier molecular flexibility index (Phi) is 3.75. The van der Waals surface area contributed by atoms with Gasteiger partial charge in [-0.3, -0.25) is 4.79 Å².